The van der Waals surface area contributed by atoms with Crippen LogP contribution in [0.3, 0.4) is 0 Å². The normalized spacial score (nSPS) is 18.9. The largest absolute Gasteiger partial charge is 0.335 e. The van der Waals surface area contributed by atoms with Crippen LogP contribution in [0, 0.1) is 0 Å². The lowest BCUT2D eigenvalue weighted by molar-refractivity contribution is -0.135. The fourth-order valence-electron chi connectivity index (χ4n) is 2.22. The number of benzene rings is 1. The number of hydrogen-bond donors (Lipinski definition) is 2. The van der Waals surface area contributed by atoms with Crippen molar-refractivity contribution in [1.29, 1.82) is 0 Å². The SMILES string of the molecule is CN(CC(=O)Nc1cccc(Cl)c1)C(=O)C1CC(F)(F)CN1.Cl. The van der Waals surface area contributed by atoms with Crippen molar-refractivity contribution in [3.05, 3.63) is 29.3 Å². The van der Waals surface area contributed by atoms with Gasteiger partial charge in [-0.1, -0.05) is 17.7 Å². The third kappa shape index (κ3) is 5.60. The van der Waals surface area contributed by atoms with Gasteiger partial charge in [0.05, 0.1) is 19.1 Å². The maximum absolute atomic E-state index is 13.1. The molecule has 0 radical (unpaired) electrons. The van der Waals surface area contributed by atoms with Crippen molar-refractivity contribution < 1.29 is 18.4 Å². The summed E-state index contributed by atoms with van der Waals surface area (Å²) in [5, 5.41) is 5.53. The molecule has 1 heterocycles. The molecule has 1 aromatic carbocycles. The molecule has 1 aliphatic rings. The fraction of sp³-hybridized carbons (Fsp3) is 0.429. The van der Waals surface area contributed by atoms with E-state index >= 15 is 0 Å². The summed E-state index contributed by atoms with van der Waals surface area (Å²) in [4.78, 5) is 25.0. The van der Waals surface area contributed by atoms with Gasteiger partial charge in [0.1, 0.15) is 0 Å². The Labute approximate surface area is 143 Å². The third-order valence-electron chi connectivity index (χ3n) is 3.27. The third-order valence-corrected chi connectivity index (χ3v) is 3.51. The summed E-state index contributed by atoms with van der Waals surface area (Å²) in [5.74, 6) is -3.84. The van der Waals surface area contributed by atoms with Gasteiger partial charge in [-0.3, -0.25) is 14.9 Å². The van der Waals surface area contributed by atoms with Crippen LogP contribution in [-0.2, 0) is 9.59 Å². The first-order valence-corrected chi connectivity index (χ1v) is 7.06. The van der Waals surface area contributed by atoms with E-state index in [1.165, 1.54) is 7.05 Å². The molecular weight excluding hydrogens is 351 g/mol. The first kappa shape index (κ1) is 19.6. The topological polar surface area (TPSA) is 61.4 Å². The van der Waals surface area contributed by atoms with Crippen LogP contribution in [-0.4, -0.2) is 48.8 Å². The van der Waals surface area contributed by atoms with Gasteiger partial charge in [0.2, 0.25) is 11.8 Å². The van der Waals surface area contributed by atoms with Gasteiger partial charge in [-0.2, -0.15) is 0 Å². The molecule has 1 aliphatic heterocycles. The number of halogens is 4. The van der Waals surface area contributed by atoms with E-state index in [2.05, 4.69) is 10.6 Å². The van der Waals surface area contributed by atoms with Crippen LogP contribution < -0.4 is 10.6 Å². The summed E-state index contributed by atoms with van der Waals surface area (Å²) >= 11 is 5.80. The Kier molecular flexibility index (Phi) is 6.73. The van der Waals surface area contributed by atoms with E-state index in [4.69, 9.17) is 11.6 Å². The highest BCUT2D eigenvalue weighted by atomic mass is 35.5. The van der Waals surface area contributed by atoms with Gasteiger partial charge in [0.25, 0.3) is 5.92 Å². The number of nitrogens with one attached hydrogen (secondary N) is 2. The molecule has 1 atom stereocenters. The fourth-order valence-corrected chi connectivity index (χ4v) is 2.41. The smallest absolute Gasteiger partial charge is 0.262 e. The average molecular weight is 368 g/mol. The Morgan fingerprint density at radius 2 is 2.17 bits per heavy atom. The lowest BCUT2D eigenvalue weighted by Crippen LogP contribution is -2.44. The van der Waals surface area contributed by atoms with Crippen LogP contribution in [0.2, 0.25) is 5.02 Å². The summed E-state index contributed by atoms with van der Waals surface area (Å²) in [6.45, 7) is -0.749. The molecule has 2 amide bonds. The number of amides is 2. The first-order valence-electron chi connectivity index (χ1n) is 6.68. The van der Waals surface area contributed by atoms with Gasteiger partial charge in [-0.15, -0.1) is 12.4 Å². The molecular formula is C14H17Cl2F2N3O2. The summed E-state index contributed by atoms with van der Waals surface area (Å²) < 4.78 is 26.2. The van der Waals surface area contributed by atoms with Crippen LogP contribution >= 0.6 is 24.0 Å². The minimum atomic E-state index is -2.88. The number of likely N-dealkylation sites (N-methyl/N-ethyl adjacent to an activating group) is 1. The maximum Gasteiger partial charge on any atom is 0.262 e. The molecule has 0 spiro atoms. The summed E-state index contributed by atoms with van der Waals surface area (Å²) in [5.41, 5.74) is 0.504. The minimum Gasteiger partial charge on any atom is -0.335 e. The standard InChI is InChI=1S/C14H16ClF2N3O2.ClH/c1-20(13(22)11-6-14(16,17)8-18-11)7-12(21)19-10-4-2-3-9(15)5-10;/h2-5,11,18H,6-8H2,1H3,(H,19,21);1H. The molecule has 0 saturated carbocycles. The number of rotatable bonds is 4. The Morgan fingerprint density at radius 3 is 2.74 bits per heavy atom. The molecule has 2 rings (SSSR count). The van der Waals surface area contributed by atoms with E-state index in [0.29, 0.717) is 10.7 Å². The average Bonchev–Trinajstić information content (AvgIpc) is 2.78. The Morgan fingerprint density at radius 1 is 1.48 bits per heavy atom. The summed E-state index contributed by atoms with van der Waals surface area (Å²) in [6.07, 6.45) is -0.550. The number of carbonyl (C=O) groups excluding carboxylic acids is 2. The monoisotopic (exact) mass is 367 g/mol. The van der Waals surface area contributed by atoms with Gasteiger partial charge < -0.3 is 10.2 Å². The molecule has 0 bridgehead atoms. The molecule has 5 nitrogen and oxygen atoms in total. The van der Waals surface area contributed by atoms with Crippen molar-refractivity contribution in [3.63, 3.8) is 0 Å². The second-order valence-electron chi connectivity index (χ2n) is 5.25. The molecule has 1 saturated heterocycles. The van der Waals surface area contributed by atoms with Gasteiger partial charge >= 0.3 is 0 Å². The van der Waals surface area contributed by atoms with Crippen molar-refractivity contribution in [3.8, 4) is 0 Å². The number of anilines is 1. The highest BCUT2D eigenvalue weighted by Crippen LogP contribution is 2.25. The highest BCUT2D eigenvalue weighted by molar-refractivity contribution is 6.30. The zero-order valence-corrected chi connectivity index (χ0v) is 13.9. The first-order chi connectivity index (χ1) is 10.3. The van der Waals surface area contributed by atoms with E-state index in [9.17, 15) is 18.4 Å². The predicted octanol–water partition coefficient (Wildman–Crippen LogP) is 2.16. The molecule has 0 aliphatic carbocycles. The molecule has 2 N–H and O–H groups in total. The molecule has 0 aromatic heterocycles. The highest BCUT2D eigenvalue weighted by Gasteiger charge is 2.43. The van der Waals surface area contributed by atoms with Crippen LogP contribution in [0.1, 0.15) is 6.42 Å². The summed E-state index contributed by atoms with van der Waals surface area (Å²) in [6, 6.07) is 5.61. The van der Waals surface area contributed by atoms with Gasteiger partial charge in [0, 0.05) is 24.2 Å². The van der Waals surface area contributed by atoms with Crippen LogP contribution in [0.5, 0.6) is 0 Å². The molecule has 1 fully saturated rings. The van der Waals surface area contributed by atoms with Crippen molar-refractivity contribution >= 4 is 41.5 Å². The molecule has 128 valence electrons. The van der Waals surface area contributed by atoms with Crippen molar-refractivity contribution in [2.45, 2.75) is 18.4 Å². The van der Waals surface area contributed by atoms with E-state index in [1.807, 2.05) is 0 Å². The Bertz CT molecular complexity index is 587. The Hall–Kier alpha value is -1.44. The van der Waals surface area contributed by atoms with Crippen molar-refractivity contribution in [2.24, 2.45) is 0 Å². The lowest BCUT2D eigenvalue weighted by Gasteiger charge is -2.20. The van der Waals surface area contributed by atoms with Gasteiger partial charge in [-0.25, -0.2) is 8.78 Å². The molecule has 9 heteroatoms. The lowest BCUT2D eigenvalue weighted by atomic mass is 10.1. The minimum absolute atomic E-state index is 0. The summed E-state index contributed by atoms with van der Waals surface area (Å²) in [7, 11) is 1.40. The molecule has 23 heavy (non-hydrogen) atoms. The zero-order valence-electron chi connectivity index (χ0n) is 12.3. The second-order valence-corrected chi connectivity index (χ2v) is 5.68. The zero-order chi connectivity index (χ0) is 16.3. The van der Waals surface area contributed by atoms with E-state index in [1.54, 1.807) is 24.3 Å². The maximum atomic E-state index is 13.1. The number of nitrogens with zero attached hydrogens (tertiary/aromatic N) is 1. The predicted molar refractivity (Wildman–Crippen MR) is 86.3 cm³/mol. The number of alkyl halides is 2. The van der Waals surface area contributed by atoms with E-state index in [0.717, 1.165) is 4.90 Å². The molecule has 1 unspecified atom stereocenters. The Balaban J connectivity index is 0.00000264. The van der Waals surface area contributed by atoms with Crippen LogP contribution in [0.4, 0.5) is 14.5 Å². The number of carbonyl (C=O) groups is 2. The van der Waals surface area contributed by atoms with Crippen molar-refractivity contribution in [1.82, 2.24) is 10.2 Å². The van der Waals surface area contributed by atoms with E-state index in [-0.39, 0.29) is 19.0 Å². The van der Waals surface area contributed by atoms with Gasteiger partial charge in [0.15, 0.2) is 0 Å². The number of hydrogen-bond acceptors (Lipinski definition) is 3. The van der Waals surface area contributed by atoms with Crippen LogP contribution in [0.25, 0.3) is 0 Å². The van der Waals surface area contributed by atoms with E-state index < -0.39 is 36.7 Å². The molecule has 1 aromatic rings. The van der Waals surface area contributed by atoms with Crippen molar-refractivity contribution in [2.75, 3.05) is 25.5 Å². The van der Waals surface area contributed by atoms with Gasteiger partial charge in [-0.05, 0) is 18.2 Å². The van der Waals surface area contributed by atoms with Crippen LogP contribution in [0.15, 0.2) is 24.3 Å². The second kappa shape index (κ2) is 7.90. The quantitative estimate of drug-likeness (QED) is 0.856.